The summed E-state index contributed by atoms with van der Waals surface area (Å²) in [7, 11) is 0. The van der Waals surface area contributed by atoms with Crippen LogP contribution in [0.15, 0.2) is 36.8 Å². The number of nitrogens with zero attached hydrogens (tertiary/aromatic N) is 3. The third-order valence-electron chi connectivity index (χ3n) is 2.15. The van der Waals surface area contributed by atoms with E-state index in [-0.39, 0.29) is 5.95 Å². The maximum atomic E-state index is 11.6. The predicted molar refractivity (Wildman–Crippen MR) is 68.3 cm³/mol. The van der Waals surface area contributed by atoms with Crippen molar-refractivity contribution in [1.82, 2.24) is 15.0 Å². The molecule has 0 aromatic carbocycles. The van der Waals surface area contributed by atoms with Crippen molar-refractivity contribution < 1.29 is 9.59 Å². The summed E-state index contributed by atoms with van der Waals surface area (Å²) in [6.07, 6.45) is 4.47. The van der Waals surface area contributed by atoms with Gasteiger partial charge in [-0.2, -0.15) is 0 Å². The fourth-order valence-electron chi connectivity index (χ4n) is 1.30. The van der Waals surface area contributed by atoms with Crippen molar-refractivity contribution in [2.75, 3.05) is 10.6 Å². The van der Waals surface area contributed by atoms with Gasteiger partial charge in [0.05, 0.1) is 0 Å². The predicted octanol–water partition coefficient (Wildman–Crippen LogP) is 0.757. The Morgan fingerprint density at radius 1 is 1.00 bits per heavy atom. The number of hydrogen-bond acceptors (Lipinski definition) is 5. The number of carbonyl (C=O) groups is 2. The van der Waals surface area contributed by atoms with Crippen LogP contribution in [0, 0.1) is 6.92 Å². The standard InChI is InChI=1S/C12H11N5O2/c1-8-3-6-13-9(7-8)16-10(18)11(19)17-12-14-4-2-5-15-12/h2-7H,1H3,(H,13,16,18)(H,14,15,17,19). The normalized spacial score (nSPS) is 9.74. The quantitative estimate of drug-likeness (QED) is 0.774. The highest BCUT2D eigenvalue weighted by Gasteiger charge is 2.15. The molecule has 19 heavy (non-hydrogen) atoms. The number of aryl methyl sites for hydroxylation is 1. The number of pyridine rings is 1. The molecule has 0 spiro atoms. The zero-order valence-electron chi connectivity index (χ0n) is 10.1. The molecule has 2 aromatic rings. The smallest absolute Gasteiger partial charge is 0.302 e. The Labute approximate surface area is 109 Å². The summed E-state index contributed by atoms with van der Waals surface area (Å²) in [5.74, 6) is -1.30. The van der Waals surface area contributed by atoms with E-state index in [1.807, 2.05) is 6.92 Å². The SMILES string of the molecule is Cc1ccnc(NC(=O)C(=O)Nc2ncccn2)c1. The van der Waals surface area contributed by atoms with Crippen LogP contribution in [0.4, 0.5) is 11.8 Å². The van der Waals surface area contributed by atoms with E-state index < -0.39 is 11.8 Å². The van der Waals surface area contributed by atoms with E-state index in [9.17, 15) is 9.59 Å². The number of hydrogen-bond donors (Lipinski definition) is 2. The minimum absolute atomic E-state index is 0.0693. The molecule has 0 atom stereocenters. The Kier molecular flexibility index (Phi) is 3.77. The van der Waals surface area contributed by atoms with E-state index in [1.54, 1.807) is 24.4 Å². The van der Waals surface area contributed by atoms with Gasteiger partial charge < -0.3 is 5.32 Å². The van der Waals surface area contributed by atoms with Crippen LogP contribution in [-0.4, -0.2) is 26.8 Å². The fourth-order valence-corrected chi connectivity index (χ4v) is 1.30. The highest BCUT2D eigenvalue weighted by molar-refractivity contribution is 6.43. The average Bonchev–Trinajstić information content (AvgIpc) is 2.40. The third kappa shape index (κ3) is 3.56. The molecule has 0 aliphatic heterocycles. The molecule has 0 radical (unpaired) electrons. The summed E-state index contributed by atoms with van der Waals surface area (Å²) < 4.78 is 0. The second kappa shape index (κ2) is 5.67. The number of rotatable bonds is 2. The molecule has 2 heterocycles. The maximum absolute atomic E-state index is 11.6. The maximum Gasteiger partial charge on any atom is 0.316 e. The monoisotopic (exact) mass is 257 g/mol. The van der Waals surface area contributed by atoms with Crippen LogP contribution in [0.1, 0.15) is 5.56 Å². The summed E-state index contributed by atoms with van der Waals surface area (Å²) in [5, 5.41) is 4.66. The van der Waals surface area contributed by atoms with Gasteiger partial charge in [0.1, 0.15) is 5.82 Å². The number of aromatic nitrogens is 3. The highest BCUT2D eigenvalue weighted by Crippen LogP contribution is 2.05. The molecule has 2 aromatic heterocycles. The minimum Gasteiger partial charge on any atom is -0.302 e. The van der Waals surface area contributed by atoms with Crippen molar-refractivity contribution in [3.8, 4) is 0 Å². The van der Waals surface area contributed by atoms with Crippen LogP contribution in [0.2, 0.25) is 0 Å². The zero-order valence-corrected chi connectivity index (χ0v) is 10.1. The lowest BCUT2D eigenvalue weighted by molar-refractivity contribution is -0.133. The molecular formula is C12H11N5O2. The van der Waals surface area contributed by atoms with E-state index in [0.29, 0.717) is 5.82 Å². The first-order chi connectivity index (χ1) is 9.15. The van der Waals surface area contributed by atoms with Crippen molar-refractivity contribution >= 4 is 23.6 Å². The summed E-state index contributed by atoms with van der Waals surface area (Å²) in [6.45, 7) is 1.86. The van der Waals surface area contributed by atoms with Crippen LogP contribution in [0.3, 0.4) is 0 Å². The number of carbonyl (C=O) groups excluding carboxylic acids is 2. The van der Waals surface area contributed by atoms with Gasteiger partial charge in [0, 0.05) is 18.6 Å². The first-order valence-corrected chi connectivity index (χ1v) is 5.47. The van der Waals surface area contributed by atoms with Gasteiger partial charge >= 0.3 is 11.8 Å². The lowest BCUT2D eigenvalue weighted by Crippen LogP contribution is -2.30. The third-order valence-corrected chi connectivity index (χ3v) is 2.15. The van der Waals surface area contributed by atoms with Gasteiger partial charge in [0.15, 0.2) is 0 Å². The van der Waals surface area contributed by atoms with Crippen LogP contribution in [-0.2, 0) is 9.59 Å². The summed E-state index contributed by atoms with van der Waals surface area (Å²) >= 11 is 0. The molecule has 0 saturated heterocycles. The molecular weight excluding hydrogens is 246 g/mol. The zero-order chi connectivity index (χ0) is 13.7. The fraction of sp³-hybridized carbons (Fsp3) is 0.0833. The Morgan fingerprint density at radius 2 is 1.68 bits per heavy atom. The van der Waals surface area contributed by atoms with E-state index in [2.05, 4.69) is 25.6 Å². The molecule has 7 nitrogen and oxygen atoms in total. The van der Waals surface area contributed by atoms with Gasteiger partial charge in [-0.1, -0.05) is 0 Å². The van der Waals surface area contributed by atoms with Crippen LogP contribution in [0.25, 0.3) is 0 Å². The van der Waals surface area contributed by atoms with E-state index >= 15 is 0 Å². The molecule has 0 aliphatic rings. The Morgan fingerprint density at radius 3 is 2.37 bits per heavy atom. The molecule has 96 valence electrons. The molecule has 0 unspecified atom stereocenters. The summed E-state index contributed by atoms with van der Waals surface area (Å²) in [6, 6.07) is 5.05. The van der Waals surface area contributed by atoms with Crippen LogP contribution < -0.4 is 10.6 Å². The number of amides is 2. The largest absolute Gasteiger partial charge is 0.316 e. The average molecular weight is 257 g/mol. The van der Waals surface area contributed by atoms with Gasteiger partial charge in [0.25, 0.3) is 0 Å². The lowest BCUT2D eigenvalue weighted by atomic mass is 10.3. The Bertz CT molecular complexity index is 600. The Balaban J connectivity index is 1.98. The van der Waals surface area contributed by atoms with Crippen LogP contribution >= 0.6 is 0 Å². The van der Waals surface area contributed by atoms with E-state index in [1.165, 1.54) is 12.4 Å². The summed E-state index contributed by atoms with van der Waals surface area (Å²) in [4.78, 5) is 34.7. The van der Waals surface area contributed by atoms with Crippen LogP contribution in [0.5, 0.6) is 0 Å². The Hall–Kier alpha value is -2.83. The van der Waals surface area contributed by atoms with Crippen molar-refractivity contribution in [2.24, 2.45) is 0 Å². The van der Waals surface area contributed by atoms with Gasteiger partial charge in [-0.25, -0.2) is 15.0 Å². The van der Waals surface area contributed by atoms with Crippen molar-refractivity contribution in [3.05, 3.63) is 42.4 Å². The second-order valence-electron chi connectivity index (χ2n) is 3.70. The van der Waals surface area contributed by atoms with Gasteiger partial charge in [0.2, 0.25) is 5.95 Å². The molecule has 2 rings (SSSR count). The molecule has 7 heteroatoms. The van der Waals surface area contributed by atoms with Gasteiger partial charge in [-0.3, -0.25) is 14.9 Å². The molecule has 0 saturated carbocycles. The molecule has 0 bridgehead atoms. The number of anilines is 2. The molecule has 2 amide bonds. The molecule has 0 fully saturated rings. The highest BCUT2D eigenvalue weighted by atomic mass is 16.2. The second-order valence-corrected chi connectivity index (χ2v) is 3.70. The summed E-state index contributed by atoms with van der Waals surface area (Å²) in [5.41, 5.74) is 0.928. The van der Waals surface area contributed by atoms with Gasteiger partial charge in [-0.05, 0) is 30.7 Å². The van der Waals surface area contributed by atoms with E-state index in [4.69, 9.17) is 0 Å². The van der Waals surface area contributed by atoms with Crippen molar-refractivity contribution in [3.63, 3.8) is 0 Å². The molecule has 2 N–H and O–H groups in total. The topological polar surface area (TPSA) is 96.9 Å². The van der Waals surface area contributed by atoms with Crippen molar-refractivity contribution in [1.29, 1.82) is 0 Å². The first-order valence-electron chi connectivity index (χ1n) is 5.47. The minimum atomic E-state index is -0.852. The van der Waals surface area contributed by atoms with Gasteiger partial charge in [-0.15, -0.1) is 0 Å². The van der Waals surface area contributed by atoms with E-state index in [0.717, 1.165) is 5.56 Å². The first kappa shape index (κ1) is 12.6. The lowest BCUT2D eigenvalue weighted by Gasteiger charge is -2.04. The number of nitrogens with one attached hydrogen (secondary N) is 2. The van der Waals surface area contributed by atoms with Crippen molar-refractivity contribution in [2.45, 2.75) is 6.92 Å². The molecule has 0 aliphatic carbocycles.